The van der Waals surface area contributed by atoms with Crippen LogP contribution in [0.2, 0.25) is 0 Å². The van der Waals surface area contributed by atoms with E-state index in [4.69, 9.17) is 4.52 Å². The molecule has 0 spiro atoms. The number of hydrogen-bond donors (Lipinski definition) is 1. The fraction of sp³-hybridized carbons (Fsp3) is 0.250. The van der Waals surface area contributed by atoms with E-state index in [9.17, 15) is 13.2 Å². The van der Waals surface area contributed by atoms with Crippen molar-refractivity contribution < 1.29 is 17.7 Å². The molecule has 0 aliphatic carbocycles. The summed E-state index contributed by atoms with van der Waals surface area (Å²) < 4.78 is 30.3. The lowest BCUT2D eigenvalue weighted by molar-refractivity contribution is -0.125. The average Bonchev–Trinajstić information content (AvgIpc) is 3.16. The lowest BCUT2D eigenvalue weighted by atomic mass is 10.1. The molecule has 1 N–H and O–H groups in total. The number of benzene rings is 2. The van der Waals surface area contributed by atoms with Crippen molar-refractivity contribution in [2.75, 3.05) is 13.3 Å². The summed E-state index contributed by atoms with van der Waals surface area (Å²) in [7, 11) is -2.22. The van der Waals surface area contributed by atoms with Gasteiger partial charge in [-0.15, -0.1) is 0 Å². The van der Waals surface area contributed by atoms with Gasteiger partial charge in [0.2, 0.25) is 27.6 Å². The Hall–Kier alpha value is -3.04. The molecule has 152 valence electrons. The zero-order chi connectivity index (χ0) is 21.0. The van der Waals surface area contributed by atoms with Crippen molar-refractivity contribution in [2.45, 2.75) is 19.5 Å². The second-order valence-electron chi connectivity index (χ2n) is 6.64. The third-order valence-corrected chi connectivity index (χ3v) is 5.78. The lowest BCUT2D eigenvalue weighted by Crippen LogP contribution is -2.41. The molecule has 9 heteroatoms. The highest BCUT2D eigenvalue weighted by Gasteiger charge is 2.30. The van der Waals surface area contributed by atoms with Crippen molar-refractivity contribution in [3.63, 3.8) is 0 Å². The van der Waals surface area contributed by atoms with Crippen LogP contribution in [-0.4, -0.2) is 42.1 Å². The molecule has 0 aliphatic heterocycles. The summed E-state index contributed by atoms with van der Waals surface area (Å²) in [5.74, 6) is 0.172. The molecular weight excluding hydrogens is 392 g/mol. The van der Waals surface area contributed by atoms with Crippen LogP contribution in [0.25, 0.3) is 11.4 Å². The molecule has 0 radical (unpaired) electrons. The zero-order valence-electron chi connectivity index (χ0n) is 16.4. The SMILES string of the molecule is Cc1ccccc1-c1noc(CNC(=O)C(c2ccccc2)N(C)S(C)(=O)=O)n1. The van der Waals surface area contributed by atoms with Crippen molar-refractivity contribution in [3.05, 3.63) is 71.6 Å². The first kappa shape index (κ1) is 20.7. The number of hydrogen-bond acceptors (Lipinski definition) is 6. The first-order valence-electron chi connectivity index (χ1n) is 8.91. The quantitative estimate of drug-likeness (QED) is 0.636. The average molecular weight is 414 g/mol. The molecule has 8 nitrogen and oxygen atoms in total. The molecule has 0 saturated carbocycles. The first-order valence-corrected chi connectivity index (χ1v) is 10.8. The number of amides is 1. The van der Waals surface area contributed by atoms with Crippen LogP contribution < -0.4 is 5.32 Å². The van der Waals surface area contributed by atoms with E-state index in [2.05, 4.69) is 15.5 Å². The molecule has 3 rings (SSSR count). The summed E-state index contributed by atoms with van der Waals surface area (Å²) in [4.78, 5) is 17.1. The van der Waals surface area contributed by atoms with Crippen LogP contribution in [0.15, 0.2) is 59.1 Å². The second kappa shape index (κ2) is 8.54. The van der Waals surface area contributed by atoms with Gasteiger partial charge in [-0.25, -0.2) is 8.42 Å². The van der Waals surface area contributed by atoms with Crippen LogP contribution >= 0.6 is 0 Å². The Morgan fingerprint density at radius 1 is 1.14 bits per heavy atom. The van der Waals surface area contributed by atoms with Gasteiger partial charge in [-0.2, -0.15) is 9.29 Å². The van der Waals surface area contributed by atoms with Gasteiger partial charge in [-0.3, -0.25) is 4.79 Å². The molecule has 1 atom stereocenters. The fourth-order valence-electron chi connectivity index (χ4n) is 2.87. The third kappa shape index (κ3) is 4.87. The summed E-state index contributed by atoms with van der Waals surface area (Å²) in [6.07, 6.45) is 1.06. The van der Waals surface area contributed by atoms with E-state index < -0.39 is 22.0 Å². The molecule has 0 saturated heterocycles. The Labute approximate surface area is 169 Å². The number of nitrogens with zero attached hydrogens (tertiary/aromatic N) is 3. The minimum absolute atomic E-state index is 0.0152. The highest BCUT2D eigenvalue weighted by atomic mass is 32.2. The Morgan fingerprint density at radius 3 is 2.45 bits per heavy atom. The van der Waals surface area contributed by atoms with Gasteiger partial charge in [0, 0.05) is 12.6 Å². The van der Waals surface area contributed by atoms with Crippen LogP contribution in [0.5, 0.6) is 0 Å². The lowest BCUT2D eigenvalue weighted by Gasteiger charge is -2.25. The first-order chi connectivity index (χ1) is 13.8. The third-order valence-electron chi connectivity index (χ3n) is 4.52. The van der Waals surface area contributed by atoms with Crippen molar-refractivity contribution in [1.82, 2.24) is 19.8 Å². The van der Waals surface area contributed by atoms with Gasteiger partial charge in [0.05, 0.1) is 12.8 Å². The number of carbonyl (C=O) groups excluding carboxylic acids is 1. The van der Waals surface area contributed by atoms with Gasteiger partial charge in [0.25, 0.3) is 0 Å². The number of rotatable bonds is 7. The van der Waals surface area contributed by atoms with Gasteiger partial charge >= 0.3 is 0 Å². The van der Waals surface area contributed by atoms with E-state index in [-0.39, 0.29) is 12.4 Å². The predicted octanol–water partition coefficient (Wildman–Crippen LogP) is 2.29. The number of aromatic nitrogens is 2. The van der Waals surface area contributed by atoms with Gasteiger partial charge in [-0.1, -0.05) is 59.8 Å². The molecule has 1 heterocycles. The second-order valence-corrected chi connectivity index (χ2v) is 8.68. The van der Waals surface area contributed by atoms with E-state index in [1.807, 2.05) is 31.2 Å². The fourth-order valence-corrected chi connectivity index (χ4v) is 3.47. The maximum atomic E-state index is 12.8. The van der Waals surface area contributed by atoms with E-state index in [0.717, 1.165) is 21.7 Å². The van der Waals surface area contributed by atoms with Gasteiger partial charge in [0.15, 0.2) is 0 Å². The van der Waals surface area contributed by atoms with Gasteiger partial charge in [-0.05, 0) is 18.1 Å². The smallest absolute Gasteiger partial charge is 0.246 e. The number of nitrogens with one attached hydrogen (secondary N) is 1. The number of sulfonamides is 1. The topological polar surface area (TPSA) is 105 Å². The maximum Gasteiger partial charge on any atom is 0.246 e. The van der Waals surface area contributed by atoms with E-state index in [0.29, 0.717) is 11.4 Å². The predicted molar refractivity (Wildman–Crippen MR) is 108 cm³/mol. The Morgan fingerprint density at radius 2 is 1.79 bits per heavy atom. The molecule has 1 amide bonds. The van der Waals surface area contributed by atoms with E-state index in [1.54, 1.807) is 30.3 Å². The van der Waals surface area contributed by atoms with Crippen LogP contribution in [0, 0.1) is 6.92 Å². The minimum Gasteiger partial charge on any atom is -0.345 e. The molecule has 0 aliphatic rings. The minimum atomic E-state index is -3.59. The summed E-state index contributed by atoms with van der Waals surface area (Å²) in [5.41, 5.74) is 2.40. The Balaban J connectivity index is 1.77. The molecule has 0 fully saturated rings. The Bertz CT molecular complexity index is 1100. The van der Waals surface area contributed by atoms with Crippen molar-refractivity contribution in [3.8, 4) is 11.4 Å². The monoisotopic (exact) mass is 414 g/mol. The van der Waals surface area contributed by atoms with Crippen molar-refractivity contribution in [1.29, 1.82) is 0 Å². The largest absolute Gasteiger partial charge is 0.345 e. The molecule has 1 unspecified atom stereocenters. The summed E-state index contributed by atoms with van der Waals surface area (Å²) in [6, 6.07) is 15.3. The molecule has 0 bridgehead atoms. The summed E-state index contributed by atoms with van der Waals surface area (Å²) >= 11 is 0. The highest BCUT2D eigenvalue weighted by Crippen LogP contribution is 2.23. The van der Waals surface area contributed by atoms with E-state index in [1.165, 1.54) is 7.05 Å². The zero-order valence-corrected chi connectivity index (χ0v) is 17.2. The highest BCUT2D eigenvalue weighted by molar-refractivity contribution is 7.88. The standard InChI is InChI=1S/C20H22N4O4S/c1-14-9-7-8-12-16(14)19-22-17(28-23-19)13-21-20(25)18(24(2)29(3,26)27)15-10-5-4-6-11-15/h4-12,18H,13H2,1-3H3,(H,21,25). The van der Waals surface area contributed by atoms with Gasteiger partial charge in [0.1, 0.15) is 6.04 Å². The number of aryl methyl sites for hydroxylation is 1. The molecule has 1 aromatic heterocycles. The molecular formula is C20H22N4O4S. The van der Waals surface area contributed by atoms with Gasteiger partial charge < -0.3 is 9.84 Å². The van der Waals surface area contributed by atoms with Crippen molar-refractivity contribution in [2.24, 2.45) is 0 Å². The van der Waals surface area contributed by atoms with Crippen LogP contribution in [0.4, 0.5) is 0 Å². The van der Waals surface area contributed by atoms with Crippen LogP contribution in [0.1, 0.15) is 23.1 Å². The van der Waals surface area contributed by atoms with Crippen LogP contribution in [0.3, 0.4) is 0 Å². The van der Waals surface area contributed by atoms with E-state index >= 15 is 0 Å². The summed E-state index contributed by atoms with van der Waals surface area (Å²) in [5, 5.41) is 6.65. The number of likely N-dealkylation sites (N-methyl/N-ethyl adjacent to an activating group) is 1. The molecule has 3 aromatic rings. The molecule has 2 aromatic carbocycles. The number of carbonyl (C=O) groups is 1. The maximum absolute atomic E-state index is 12.8. The summed E-state index contributed by atoms with van der Waals surface area (Å²) in [6.45, 7) is 1.93. The normalized spacial score (nSPS) is 12.7. The van der Waals surface area contributed by atoms with Crippen molar-refractivity contribution >= 4 is 15.9 Å². The molecule has 29 heavy (non-hydrogen) atoms. The Kier molecular flexibility index (Phi) is 6.09. The van der Waals surface area contributed by atoms with Crippen LogP contribution in [-0.2, 0) is 21.4 Å².